The van der Waals surface area contributed by atoms with Crippen LogP contribution in [-0.4, -0.2) is 11.5 Å². The Bertz CT molecular complexity index is 535. The van der Waals surface area contributed by atoms with Crippen molar-refractivity contribution in [3.63, 3.8) is 0 Å². The van der Waals surface area contributed by atoms with Gasteiger partial charge in [0.15, 0.2) is 0 Å². The zero-order valence-corrected chi connectivity index (χ0v) is 11.0. The molecule has 2 aromatic rings. The minimum atomic E-state index is 0.0704. The second kappa shape index (κ2) is 4.63. The maximum atomic E-state index is 5.99. The van der Waals surface area contributed by atoms with E-state index in [1.54, 1.807) is 0 Å². The molecule has 2 rings (SSSR count). The van der Waals surface area contributed by atoms with Crippen LogP contribution in [0.3, 0.4) is 0 Å². The summed E-state index contributed by atoms with van der Waals surface area (Å²) in [5.74, 6) is 0. The van der Waals surface area contributed by atoms with Crippen LogP contribution in [0.1, 0.15) is 19.5 Å². The highest BCUT2D eigenvalue weighted by Gasteiger charge is 2.18. The molecule has 0 atom stereocenters. The third kappa shape index (κ3) is 2.76. The number of benzene rings is 1. The average Bonchev–Trinajstić information content (AvgIpc) is 2.28. The molecule has 2 N–H and O–H groups in total. The van der Waals surface area contributed by atoms with Gasteiger partial charge in [0.05, 0.1) is 0 Å². The van der Waals surface area contributed by atoms with Crippen molar-refractivity contribution >= 4 is 22.4 Å². The predicted molar refractivity (Wildman–Crippen MR) is 73.3 cm³/mol. The maximum absolute atomic E-state index is 5.99. The second-order valence-electron chi connectivity index (χ2n) is 5.17. The maximum Gasteiger partial charge on any atom is 0.0487 e. The summed E-state index contributed by atoms with van der Waals surface area (Å²) < 4.78 is 0. The smallest absolute Gasteiger partial charge is 0.0487 e. The van der Waals surface area contributed by atoms with Crippen LogP contribution in [0.15, 0.2) is 30.5 Å². The summed E-state index contributed by atoms with van der Waals surface area (Å²) in [6.07, 6.45) is 2.71. The molecule has 0 spiro atoms. The van der Waals surface area contributed by atoms with Gasteiger partial charge in [0.2, 0.25) is 0 Å². The lowest BCUT2D eigenvalue weighted by molar-refractivity contribution is 0.374. The van der Waals surface area contributed by atoms with Gasteiger partial charge in [-0.3, -0.25) is 4.98 Å². The van der Waals surface area contributed by atoms with Gasteiger partial charge in [0.1, 0.15) is 0 Å². The van der Waals surface area contributed by atoms with Crippen LogP contribution in [0.5, 0.6) is 0 Å². The van der Waals surface area contributed by atoms with Crippen LogP contribution in [0.4, 0.5) is 0 Å². The number of hydrogen-bond donors (Lipinski definition) is 1. The van der Waals surface area contributed by atoms with Crippen molar-refractivity contribution in [1.29, 1.82) is 0 Å². The van der Waals surface area contributed by atoms with E-state index in [0.717, 1.165) is 22.5 Å². The topological polar surface area (TPSA) is 38.9 Å². The van der Waals surface area contributed by atoms with Gasteiger partial charge in [-0.2, -0.15) is 0 Å². The summed E-state index contributed by atoms with van der Waals surface area (Å²) in [5.41, 5.74) is 6.94. The van der Waals surface area contributed by atoms with E-state index in [2.05, 4.69) is 18.8 Å². The van der Waals surface area contributed by atoms with Crippen molar-refractivity contribution in [2.45, 2.75) is 20.3 Å². The molecule has 0 aliphatic carbocycles. The highest BCUT2D eigenvalue weighted by molar-refractivity contribution is 6.31. The molecule has 0 amide bonds. The minimum Gasteiger partial charge on any atom is -0.330 e. The van der Waals surface area contributed by atoms with Crippen LogP contribution in [0.25, 0.3) is 10.8 Å². The number of rotatable bonds is 3. The molecule has 3 heteroatoms. The van der Waals surface area contributed by atoms with Gasteiger partial charge in [-0.15, -0.1) is 0 Å². The molecule has 0 bridgehead atoms. The number of fused-ring (bicyclic) bond motifs is 1. The first-order valence-corrected chi connectivity index (χ1v) is 6.13. The molecular weight excluding hydrogens is 232 g/mol. The Labute approximate surface area is 107 Å². The van der Waals surface area contributed by atoms with E-state index in [-0.39, 0.29) is 5.41 Å². The van der Waals surface area contributed by atoms with Crippen LogP contribution in [0, 0.1) is 5.41 Å². The van der Waals surface area contributed by atoms with Crippen molar-refractivity contribution in [1.82, 2.24) is 4.98 Å². The summed E-state index contributed by atoms with van der Waals surface area (Å²) in [6, 6.07) is 7.90. The van der Waals surface area contributed by atoms with Gasteiger partial charge in [-0.1, -0.05) is 31.5 Å². The highest BCUT2D eigenvalue weighted by Crippen LogP contribution is 2.26. The van der Waals surface area contributed by atoms with E-state index < -0.39 is 0 Å². The Morgan fingerprint density at radius 3 is 2.76 bits per heavy atom. The number of halogens is 1. The first-order chi connectivity index (χ1) is 8.02. The predicted octanol–water partition coefficient (Wildman–Crippen LogP) is 3.42. The molecule has 17 heavy (non-hydrogen) atoms. The largest absolute Gasteiger partial charge is 0.330 e. The molecule has 0 saturated heterocycles. The lowest BCUT2D eigenvalue weighted by atomic mass is 9.86. The Hall–Kier alpha value is -1.12. The Morgan fingerprint density at radius 2 is 2.06 bits per heavy atom. The molecule has 0 unspecified atom stereocenters. The van der Waals surface area contributed by atoms with Gasteiger partial charge < -0.3 is 5.73 Å². The van der Waals surface area contributed by atoms with Crippen molar-refractivity contribution in [2.24, 2.45) is 11.1 Å². The number of nitrogens with zero attached hydrogens (tertiary/aromatic N) is 1. The molecule has 1 aromatic heterocycles. The summed E-state index contributed by atoms with van der Waals surface area (Å²) >= 11 is 5.99. The molecule has 0 aliphatic rings. The van der Waals surface area contributed by atoms with Gasteiger partial charge in [0.25, 0.3) is 0 Å². The third-order valence-corrected chi connectivity index (χ3v) is 3.24. The SMILES string of the molecule is CC(C)(CN)Cc1nccc2cc(Cl)ccc12. The number of pyridine rings is 1. The van der Waals surface area contributed by atoms with Crippen molar-refractivity contribution in [3.8, 4) is 0 Å². The van der Waals surface area contributed by atoms with Gasteiger partial charge in [0, 0.05) is 22.3 Å². The molecule has 0 radical (unpaired) electrons. The number of nitrogens with two attached hydrogens (primary N) is 1. The molecule has 0 fully saturated rings. The van der Waals surface area contributed by atoms with Gasteiger partial charge >= 0.3 is 0 Å². The lowest BCUT2D eigenvalue weighted by Gasteiger charge is -2.22. The van der Waals surface area contributed by atoms with Crippen molar-refractivity contribution in [3.05, 3.63) is 41.2 Å². The fourth-order valence-corrected chi connectivity index (χ4v) is 2.06. The highest BCUT2D eigenvalue weighted by atomic mass is 35.5. The van der Waals surface area contributed by atoms with E-state index in [4.69, 9.17) is 17.3 Å². The number of hydrogen-bond acceptors (Lipinski definition) is 2. The fraction of sp³-hybridized carbons (Fsp3) is 0.357. The first-order valence-electron chi connectivity index (χ1n) is 5.75. The van der Waals surface area contributed by atoms with E-state index in [9.17, 15) is 0 Å². The molecular formula is C14H17ClN2. The van der Waals surface area contributed by atoms with Crippen LogP contribution in [-0.2, 0) is 6.42 Å². The second-order valence-corrected chi connectivity index (χ2v) is 5.60. The van der Waals surface area contributed by atoms with E-state index in [1.165, 1.54) is 5.39 Å². The van der Waals surface area contributed by atoms with Crippen LogP contribution >= 0.6 is 11.6 Å². The fourth-order valence-electron chi connectivity index (χ4n) is 1.88. The zero-order valence-electron chi connectivity index (χ0n) is 10.2. The van der Waals surface area contributed by atoms with Crippen molar-refractivity contribution in [2.75, 3.05) is 6.54 Å². The lowest BCUT2D eigenvalue weighted by Crippen LogP contribution is -2.26. The van der Waals surface area contributed by atoms with E-state index in [1.807, 2.05) is 30.5 Å². The monoisotopic (exact) mass is 248 g/mol. The minimum absolute atomic E-state index is 0.0704. The van der Waals surface area contributed by atoms with Gasteiger partial charge in [-0.25, -0.2) is 0 Å². The van der Waals surface area contributed by atoms with E-state index in [0.29, 0.717) is 6.54 Å². The Morgan fingerprint density at radius 1 is 1.29 bits per heavy atom. The Balaban J connectivity index is 2.48. The molecule has 1 aromatic carbocycles. The zero-order chi connectivity index (χ0) is 12.5. The Kier molecular flexibility index (Phi) is 3.36. The summed E-state index contributed by atoms with van der Waals surface area (Å²) in [7, 11) is 0. The molecule has 1 heterocycles. The molecule has 2 nitrogen and oxygen atoms in total. The molecule has 90 valence electrons. The summed E-state index contributed by atoms with van der Waals surface area (Å²) in [4.78, 5) is 4.47. The van der Waals surface area contributed by atoms with Crippen LogP contribution < -0.4 is 5.73 Å². The average molecular weight is 249 g/mol. The third-order valence-electron chi connectivity index (χ3n) is 3.01. The molecule has 0 aliphatic heterocycles. The molecule has 0 saturated carbocycles. The van der Waals surface area contributed by atoms with Crippen LogP contribution in [0.2, 0.25) is 5.02 Å². The quantitative estimate of drug-likeness (QED) is 0.904. The first kappa shape index (κ1) is 12.3. The van der Waals surface area contributed by atoms with Gasteiger partial charge in [-0.05, 0) is 42.0 Å². The summed E-state index contributed by atoms with van der Waals surface area (Å²) in [6.45, 7) is 4.96. The summed E-state index contributed by atoms with van der Waals surface area (Å²) in [5, 5.41) is 3.06. The normalized spacial score (nSPS) is 12.0. The van der Waals surface area contributed by atoms with E-state index >= 15 is 0 Å². The number of aromatic nitrogens is 1. The van der Waals surface area contributed by atoms with Crippen molar-refractivity contribution < 1.29 is 0 Å². The standard InChI is InChI=1S/C14H17ClN2/c1-14(2,9-16)8-13-12-4-3-11(15)7-10(12)5-6-17-13/h3-7H,8-9,16H2,1-2H3.